The van der Waals surface area contributed by atoms with Crippen molar-refractivity contribution in [1.29, 1.82) is 0 Å². The number of halogens is 1. The molecule has 0 saturated heterocycles. The third kappa shape index (κ3) is 3.10. The van der Waals surface area contributed by atoms with Gasteiger partial charge in [0.25, 0.3) is 0 Å². The third-order valence-corrected chi connectivity index (χ3v) is 4.01. The van der Waals surface area contributed by atoms with Crippen molar-refractivity contribution in [2.75, 3.05) is 0 Å². The zero-order valence-electron chi connectivity index (χ0n) is 12.0. The molecule has 2 heteroatoms. The van der Waals surface area contributed by atoms with Crippen LogP contribution in [0, 0.1) is 0 Å². The van der Waals surface area contributed by atoms with Crippen LogP contribution < -0.4 is 0 Å². The van der Waals surface area contributed by atoms with E-state index in [1.54, 1.807) is 0 Å². The SMILES string of the molecule is O=C(c1ccccc1)c1ccccc1Cc1ccccc1Cl. The highest BCUT2D eigenvalue weighted by Crippen LogP contribution is 2.22. The van der Waals surface area contributed by atoms with E-state index in [1.165, 1.54) is 0 Å². The molecule has 1 nitrogen and oxygen atoms in total. The van der Waals surface area contributed by atoms with Crippen molar-refractivity contribution in [2.45, 2.75) is 6.42 Å². The zero-order valence-corrected chi connectivity index (χ0v) is 12.8. The van der Waals surface area contributed by atoms with Gasteiger partial charge in [0.2, 0.25) is 0 Å². The highest BCUT2D eigenvalue weighted by Gasteiger charge is 2.13. The minimum Gasteiger partial charge on any atom is -0.289 e. The molecule has 0 fully saturated rings. The molecule has 0 unspecified atom stereocenters. The van der Waals surface area contributed by atoms with E-state index in [9.17, 15) is 4.79 Å². The molecule has 0 aliphatic carbocycles. The van der Waals surface area contributed by atoms with Gasteiger partial charge in [0.1, 0.15) is 0 Å². The topological polar surface area (TPSA) is 17.1 Å². The number of benzene rings is 3. The summed E-state index contributed by atoms with van der Waals surface area (Å²) in [6, 6.07) is 24.8. The summed E-state index contributed by atoms with van der Waals surface area (Å²) in [5, 5.41) is 0.726. The lowest BCUT2D eigenvalue weighted by Crippen LogP contribution is -2.06. The quantitative estimate of drug-likeness (QED) is 0.608. The van der Waals surface area contributed by atoms with Crippen LogP contribution in [0.15, 0.2) is 78.9 Å². The molecule has 3 rings (SSSR count). The first-order chi connectivity index (χ1) is 10.8. The first-order valence-electron chi connectivity index (χ1n) is 7.17. The van der Waals surface area contributed by atoms with E-state index in [0.29, 0.717) is 12.0 Å². The van der Waals surface area contributed by atoms with Gasteiger partial charge < -0.3 is 0 Å². The largest absolute Gasteiger partial charge is 0.289 e. The number of carbonyl (C=O) groups excluding carboxylic acids is 1. The van der Waals surface area contributed by atoms with E-state index in [0.717, 1.165) is 21.7 Å². The lowest BCUT2D eigenvalue weighted by molar-refractivity contribution is 0.103. The molecule has 0 heterocycles. The average Bonchev–Trinajstić information content (AvgIpc) is 2.58. The first-order valence-corrected chi connectivity index (χ1v) is 7.54. The summed E-state index contributed by atoms with van der Waals surface area (Å²) in [5.41, 5.74) is 3.45. The van der Waals surface area contributed by atoms with Crippen LogP contribution in [0.1, 0.15) is 27.0 Å². The molecule has 0 aliphatic heterocycles. The summed E-state index contributed by atoms with van der Waals surface area (Å²) in [6.07, 6.45) is 0.647. The smallest absolute Gasteiger partial charge is 0.193 e. The summed E-state index contributed by atoms with van der Waals surface area (Å²) < 4.78 is 0. The highest BCUT2D eigenvalue weighted by atomic mass is 35.5. The average molecular weight is 307 g/mol. The Morgan fingerprint density at radius 2 is 1.32 bits per heavy atom. The van der Waals surface area contributed by atoms with Crippen molar-refractivity contribution in [3.8, 4) is 0 Å². The van der Waals surface area contributed by atoms with Crippen molar-refractivity contribution in [3.05, 3.63) is 106 Å². The Labute approximate surface area is 135 Å². The van der Waals surface area contributed by atoms with Crippen molar-refractivity contribution in [2.24, 2.45) is 0 Å². The fraction of sp³-hybridized carbons (Fsp3) is 0.0500. The Bertz CT molecular complexity index is 794. The predicted molar refractivity (Wildman–Crippen MR) is 90.6 cm³/mol. The van der Waals surface area contributed by atoms with Crippen LogP contribution in [0.4, 0.5) is 0 Å². The maximum absolute atomic E-state index is 12.7. The van der Waals surface area contributed by atoms with E-state index in [4.69, 9.17) is 11.6 Å². The van der Waals surface area contributed by atoms with Gasteiger partial charge in [-0.25, -0.2) is 0 Å². The van der Waals surface area contributed by atoms with Crippen molar-refractivity contribution in [3.63, 3.8) is 0 Å². The molecule has 0 aromatic heterocycles. The molecule has 22 heavy (non-hydrogen) atoms. The van der Waals surface area contributed by atoms with Gasteiger partial charge in [-0.15, -0.1) is 0 Å². The number of ketones is 1. The monoisotopic (exact) mass is 306 g/mol. The van der Waals surface area contributed by atoms with Gasteiger partial charge in [-0.3, -0.25) is 4.79 Å². The number of hydrogen-bond acceptors (Lipinski definition) is 1. The molecule has 0 atom stereocenters. The number of hydrogen-bond donors (Lipinski definition) is 0. The Balaban J connectivity index is 1.97. The molecule has 0 spiro atoms. The van der Waals surface area contributed by atoms with Crippen LogP contribution in [0.3, 0.4) is 0 Å². The lowest BCUT2D eigenvalue weighted by Gasteiger charge is -2.10. The maximum atomic E-state index is 12.7. The molecule has 0 N–H and O–H groups in total. The van der Waals surface area contributed by atoms with E-state index >= 15 is 0 Å². The zero-order chi connectivity index (χ0) is 15.4. The molecule has 0 bridgehead atoms. The third-order valence-electron chi connectivity index (χ3n) is 3.64. The maximum Gasteiger partial charge on any atom is 0.193 e. The van der Waals surface area contributed by atoms with Crippen molar-refractivity contribution in [1.82, 2.24) is 0 Å². The minimum atomic E-state index is 0.0447. The van der Waals surface area contributed by atoms with Gasteiger partial charge in [-0.2, -0.15) is 0 Å². The minimum absolute atomic E-state index is 0.0447. The standard InChI is InChI=1S/C20H15ClO/c21-19-13-7-5-11-17(19)14-16-10-4-6-12-18(16)20(22)15-8-2-1-3-9-15/h1-13H,14H2. The summed E-state index contributed by atoms with van der Waals surface area (Å²) in [4.78, 5) is 12.7. The Morgan fingerprint density at radius 1 is 0.727 bits per heavy atom. The van der Waals surface area contributed by atoms with Gasteiger partial charge in [-0.1, -0.05) is 84.4 Å². The first kappa shape index (κ1) is 14.6. The van der Waals surface area contributed by atoms with Gasteiger partial charge in [0.05, 0.1) is 0 Å². The summed E-state index contributed by atoms with van der Waals surface area (Å²) >= 11 is 6.24. The fourth-order valence-electron chi connectivity index (χ4n) is 2.49. The Kier molecular flexibility index (Phi) is 4.36. The molecule has 108 valence electrons. The van der Waals surface area contributed by atoms with Crippen LogP contribution in [-0.2, 0) is 6.42 Å². The normalized spacial score (nSPS) is 10.4. The number of rotatable bonds is 4. The fourth-order valence-corrected chi connectivity index (χ4v) is 2.69. The van der Waals surface area contributed by atoms with Crippen molar-refractivity contribution < 1.29 is 4.79 Å². The van der Waals surface area contributed by atoms with Gasteiger partial charge in [-0.05, 0) is 23.6 Å². The van der Waals surface area contributed by atoms with E-state index < -0.39 is 0 Å². The van der Waals surface area contributed by atoms with E-state index in [-0.39, 0.29) is 5.78 Å². The van der Waals surface area contributed by atoms with Gasteiger partial charge >= 0.3 is 0 Å². The van der Waals surface area contributed by atoms with Crippen LogP contribution in [-0.4, -0.2) is 5.78 Å². The summed E-state index contributed by atoms with van der Waals surface area (Å²) in [7, 11) is 0. The lowest BCUT2D eigenvalue weighted by atomic mass is 9.94. The molecular formula is C20H15ClO. The molecule has 0 radical (unpaired) electrons. The van der Waals surface area contributed by atoms with Crippen LogP contribution in [0.2, 0.25) is 5.02 Å². The highest BCUT2D eigenvalue weighted by molar-refractivity contribution is 6.31. The van der Waals surface area contributed by atoms with Crippen molar-refractivity contribution >= 4 is 17.4 Å². The molecule has 0 aliphatic rings. The Morgan fingerprint density at radius 3 is 2.05 bits per heavy atom. The molecule has 0 amide bonds. The molecular weight excluding hydrogens is 292 g/mol. The summed E-state index contributed by atoms with van der Waals surface area (Å²) in [5.74, 6) is 0.0447. The molecule has 3 aromatic carbocycles. The predicted octanol–water partition coefficient (Wildman–Crippen LogP) is 5.16. The molecule has 0 saturated carbocycles. The van der Waals surface area contributed by atoms with Crippen LogP contribution >= 0.6 is 11.6 Å². The summed E-state index contributed by atoms with van der Waals surface area (Å²) in [6.45, 7) is 0. The van der Waals surface area contributed by atoms with E-state index in [1.807, 2.05) is 78.9 Å². The van der Waals surface area contributed by atoms with E-state index in [2.05, 4.69) is 0 Å². The van der Waals surface area contributed by atoms with Gasteiger partial charge in [0.15, 0.2) is 5.78 Å². The number of carbonyl (C=O) groups is 1. The van der Waals surface area contributed by atoms with Crippen LogP contribution in [0.25, 0.3) is 0 Å². The van der Waals surface area contributed by atoms with Crippen LogP contribution in [0.5, 0.6) is 0 Å². The van der Waals surface area contributed by atoms with Gasteiger partial charge in [0, 0.05) is 16.1 Å². The Hall–Kier alpha value is -2.38. The second-order valence-electron chi connectivity index (χ2n) is 5.12. The second kappa shape index (κ2) is 6.59. The molecule has 3 aromatic rings. The second-order valence-corrected chi connectivity index (χ2v) is 5.53.